The fraction of sp³-hybridized carbons (Fsp3) is 0.571. The second kappa shape index (κ2) is 5.00. The Hall–Kier alpha value is -1.14. The van der Waals surface area contributed by atoms with Crippen LogP contribution in [-0.2, 0) is 10.0 Å². The highest BCUT2D eigenvalue weighted by Gasteiger charge is 2.40. The summed E-state index contributed by atoms with van der Waals surface area (Å²) in [6.07, 6.45) is 3.47. The Labute approximate surface area is 119 Å². The quantitative estimate of drug-likeness (QED) is 0.840. The number of hydrogen-bond acceptors (Lipinski definition) is 3. The van der Waals surface area contributed by atoms with E-state index in [-0.39, 0.29) is 21.7 Å². The van der Waals surface area contributed by atoms with Gasteiger partial charge in [-0.25, -0.2) is 17.5 Å². The molecular weight excluding hydrogens is 279 g/mol. The zero-order valence-corrected chi connectivity index (χ0v) is 12.9. The number of halogens is 1. The summed E-state index contributed by atoms with van der Waals surface area (Å²) in [5, 5.41) is 0. The van der Waals surface area contributed by atoms with Crippen LogP contribution in [0.25, 0.3) is 0 Å². The second-order valence-corrected chi connectivity index (χ2v) is 7.26. The topological polar surface area (TPSA) is 72.2 Å². The Bertz CT molecular complexity index is 632. The molecule has 2 rings (SSSR count). The number of nitrogen functional groups attached to an aromatic ring is 1. The number of anilines is 1. The largest absolute Gasteiger partial charge is 0.396 e. The lowest BCUT2D eigenvalue weighted by Crippen LogP contribution is -2.53. The van der Waals surface area contributed by atoms with E-state index >= 15 is 0 Å². The summed E-state index contributed by atoms with van der Waals surface area (Å²) in [7, 11) is -3.69. The van der Waals surface area contributed by atoms with Gasteiger partial charge in [0.15, 0.2) is 0 Å². The van der Waals surface area contributed by atoms with Crippen molar-refractivity contribution in [3.05, 3.63) is 23.0 Å². The van der Waals surface area contributed by atoms with E-state index in [1.807, 2.05) is 6.92 Å². The van der Waals surface area contributed by atoms with Crippen LogP contribution in [-0.4, -0.2) is 14.0 Å². The van der Waals surface area contributed by atoms with Gasteiger partial charge in [-0.15, -0.1) is 0 Å². The van der Waals surface area contributed by atoms with Crippen LogP contribution >= 0.6 is 0 Å². The lowest BCUT2D eigenvalue weighted by molar-refractivity contribution is 0.214. The summed E-state index contributed by atoms with van der Waals surface area (Å²) in [5.41, 5.74) is 5.84. The third-order valence-corrected chi connectivity index (χ3v) is 6.18. The summed E-state index contributed by atoms with van der Waals surface area (Å²) >= 11 is 0. The molecule has 6 heteroatoms. The van der Waals surface area contributed by atoms with E-state index in [0.29, 0.717) is 5.56 Å². The van der Waals surface area contributed by atoms with Crippen LogP contribution in [0.15, 0.2) is 11.0 Å². The fourth-order valence-corrected chi connectivity index (χ4v) is 4.83. The molecule has 0 atom stereocenters. The van der Waals surface area contributed by atoms with Crippen LogP contribution in [0.1, 0.15) is 43.7 Å². The van der Waals surface area contributed by atoms with Gasteiger partial charge in [-0.05, 0) is 56.7 Å². The maximum Gasteiger partial charge on any atom is 0.241 e. The van der Waals surface area contributed by atoms with Gasteiger partial charge in [0.05, 0.1) is 10.6 Å². The molecule has 0 saturated heterocycles. The Balaban J connectivity index is 2.47. The van der Waals surface area contributed by atoms with Gasteiger partial charge in [0.25, 0.3) is 0 Å². The predicted molar refractivity (Wildman–Crippen MR) is 77.5 cm³/mol. The molecule has 0 unspecified atom stereocenters. The molecule has 1 aliphatic carbocycles. The number of hydrogen-bond donors (Lipinski definition) is 2. The van der Waals surface area contributed by atoms with Gasteiger partial charge >= 0.3 is 0 Å². The van der Waals surface area contributed by atoms with Gasteiger partial charge in [-0.1, -0.05) is 6.92 Å². The van der Waals surface area contributed by atoms with Crippen LogP contribution < -0.4 is 10.5 Å². The molecular formula is C14H21FN2O2S. The number of nitrogens with one attached hydrogen (secondary N) is 1. The van der Waals surface area contributed by atoms with Crippen molar-refractivity contribution < 1.29 is 12.8 Å². The summed E-state index contributed by atoms with van der Waals surface area (Å²) in [5.74, 6) is -0.576. The minimum absolute atomic E-state index is 0.102. The third-order valence-electron chi connectivity index (χ3n) is 4.31. The molecule has 0 bridgehead atoms. The molecule has 1 fully saturated rings. The lowest BCUT2D eigenvalue weighted by atomic mass is 9.76. The average molecular weight is 300 g/mol. The number of sulfonamides is 1. The van der Waals surface area contributed by atoms with Gasteiger partial charge in [-0.2, -0.15) is 0 Å². The highest BCUT2D eigenvalue weighted by molar-refractivity contribution is 7.89. The Morgan fingerprint density at radius 2 is 2.00 bits per heavy atom. The van der Waals surface area contributed by atoms with Crippen molar-refractivity contribution in [3.63, 3.8) is 0 Å². The Morgan fingerprint density at radius 1 is 1.40 bits per heavy atom. The molecule has 0 aliphatic heterocycles. The van der Waals surface area contributed by atoms with Gasteiger partial charge in [0.1, 0.15) is 5.82 Å². The highest BCUT2D eigenvalue weighted by atomic mass is 32.2. The minimum Gasteiger partial charge on any atom is -0.396 e. The SMILES string of the molecule is CCC1(NS(=O)(=O)c2c(C)cc(F)c(N)c2C)CCC1. The Kier molecular flexibility index (Phi) is 3.81. The zero-order valence-electron chi connectivity index (χ0n) is 12.1. The first-order chi connectivity index (χ1) is 9.22. The Morgan fingerprint density at radius 3 is 2.45 bits per heavy atom. The summed E-state index contributed by atoms with van der Waals surface area (Å²) < 4.78 is 41.6. The summed E-state index contributed by atoms with van der Waals surface area (Å²) in [6.45, 7) is 5.10. The van der Waals surface area contributed by atoms with Gasteiger partial charge in [0, 0.05) is 5.54 Å². The number of rotatable bonds is 4. The van der Waals surface area contributed by atoms with Crippen molar-refractivity contribution in [3.8, 4) is 0 Å². The van der Waals surface area contributed by atoms with Crippen LogP contribution in [0.5, 0.6) is 0 Å². The van der Waals surface area contributed by atoms with Crippen molar-refractivity contribution in [2.24, 2.45) is 0 Å². The van der Waals surface area contributed by atoms with Crippen molar-refractivity contribution in [2.75, 3.05) is 5.73 Å². The summed E-state index contributed by atoms with van der Waals surface area (Å²) in [6, 6.07) is 1.18. The van der Waals surface area contributed by atoms with Gasteiger partial charge in [-0.3, -0.25) is 0 Å². The number of nitrogens with two attached hydrogens (primary N) is 1. The predicted octanol–water partition coefficient (Wildman–Crippen LogP) is 2.64. The van der Waals surface area contributed by atoms with Crippen LogP contribution in [0.2, 0.25) is 0 Å². The normalized spacial score (nSPS) is 17.8. The summed E-state index contributed by atoms with van der Waals surface area (Å²) in [4.78, 5) is 0.108. The zero-order chi connectivity index (χ0) is 15.1. The fourth-order valence-electron chi connectivity index (χ4n) is 2.81. The van der Waals surface area contributed by atoms with Crippen molar-refractivity contribution >= 4 is 15.7 Å². The van der Waals surface area contributed by atoms with E-state index in [4.69, 9.17) is 5.73 Å². The van der Waals surface area contributed by atoms with E-state index in [9.17, 15) is 12.8 Å². The molecule has 3 N–H and O–H groups in total. The molecule has 1 aromatic rings. The number of benzene rings is 1. The molecule has 0 heterocycles. The first-order valence-electron chi connectivity index (χ1n) is 6.81. The molecule has 0 spiro atoms. The van der Waals surface area contributed by atoms with Crippen LogP contribution in [0.3, 0.4) is 0 Å². The molecule has 20 heavy (non-hydrogen) atoms. The standard InChI is InChI=1S/C14H21FN2O2S/c1-4-14(6-5-7-14)17-20(18,19)13-9(2)8-11(15)12(16)10(13)3/h8,17H,4-7,16H2,1-3H3. The van der Waals surface area contributed by atoms with Crippen molar-refractivity contribution in [1.29, 1.82) is 0 Å². The van der Waals surface area contributed by atoms with E-state index in [1.165, 1.54) is 6.07 Å². The molecule has 1 saturated carbocycles. The smallest absolute Gasteiger partial charge is 0.241 e. The molecule has 4 nitrogen and oxygen atoms in total. The molecule has 112 valence electrons. The highest BCUT2D eigenvalue weighted by Crippen LogP contribution is 2.37. The molecule has 1 aromatic carbocycles. The van der Waals surface area contributed by atoms with E-state index in [0.717, 1.165) is 25.7 Å². The maximum absolute atomic E-state index is 13.5. The first-order valence-corrected chi connectivity index (χ1v) is 8.30. The molecule has 0 aromatic heterocycles. The molecule has 0 radical (unpaired) electrons. The third kappa shape index (κ3) is 2.42. The average Bonchev–Trinajstić information content (AvgIpc) is 2.30. The second-order valence-electron chi connectivity index (χ2n) is 5.64. The van der Waals surface area contributed by atoms with Crippen molar-refractivity contribution in [2.45, 2.75) is 56.9 Å². The first kappa shape index (κ1) is 15.3. The maximum atomic E-state index is 13.5. The van der Waals surface area contributed by atoms with Gasteiger partial charge in [0.2, 0.25) is 10.0 Å². The van der Waals surface area contributed by atoms with E-state index in [1.54, 1.807) is 13.8 Å². The van der Waals surface area contributed by atoms with E-state index in [2.05, 4.69) is 4.72 Å². The monoisotopic (exact) mass is 300 g/mol. The number of aryl methyl sites for hydroxylation is 1. The van der Waals surface area contributed by atoms with Crippen molar-refractivity contribution in [1.82, 2.24) is 4.72 Å². The minimum atomic E-state index is -3.69. The van der Waals surface area contributed by atoms with E-state index < -0.39 is 15.8 Å². The molecule has 0 amide bonds. The lowest BCUT2D eigenvalue weighted by Gasteiger charge is -2.41. The molecule has 1 aliphatic rings. The van der Waals surface area contributed by atoms with Gasteiger partial charge < -0.3 is 5.73 Å². The van der Waals surface area contributed by atoms with Crippen LogP contribution in [0, 0.1) is 19.7 Å². The van der Waals surface area contributed by atoms with Crippen LogP contribution in [0.4, 0.5) is 10.1 Å².